The molecule has 8 heteroatoms. The highest BCUT2D eigenvalue weighted by atomic mass is 16.7. The summed E-state index contributed by atoms with van der Waals surface area (Å²) in [4.78, 5) is 28.2. The zero-order valence-electron chi connectivity index (χ0n) is 20.1. The molecule has 1 saturated heterocycles. The van der Waals surface area contributed by atoms with Crippen molar-refractivity contribution in [2.24, 2.45) is 0 Å². The number of methoxy groups -OCH3 is 1. The predicted octanol–water partition coefficient (Wildman–Crippen LogP) is 4.76. The standard InChI is InChI=1S/C28H25NO7/c1-4-34-20-10-8-17(13-22(20)33-3)25-24(26(30)18-9-11-21-23(14-18)36-15-35-21)27(31)28(32)29(25)19-7-5-6-16(2)12-19/h5-14,25,30H,4,15H2,1-3H3/b26-24+. The Morgan fingerprint density at radius 2 is 1.83 bits per heavy atom. The molecule has 1 atom stereocenters. The molecule has 3 aromatic rings. The number of aliphatic hydroxyl groups excluding tert-OH is 1. The third-order valence-corrected chi connectivity index (χ3v) is 6.17. The average molecular weight is 488 g/mol. The molecule has 3 aromatic carbocycles. The van der Waals surface area contributed by atoms with Gasteiger partial charge in [-0.3, -0.25) is 14.5 Å². The summed E-state index contributed by atoms with van der Waals surface area (Å²) in [5, 5.41) is 11.4. The molecule has 0 aliphatic carbocycles. The first-order valence-corrected chi connectivity index (χ1v) is 11.5. The molecule has 184 valence electrons. The van der Waals surface area contributed by atoms with Crippen LogP contribution in [-0.4, -0.2) is 37.3 Å². The molecule has 0 radical (unpaired) electrons. The van der Waals surface area contributed by atoms with Crippen LogP contribution < -0.4 is 23.8 Å². The van der Waals surface area contributed by atoms with Crippen molar-refractivity contribution in [2.75, 3.05) is 25.4 Å². The number of aryl methyl sites for hydroxylation is 1. The topological polar surface area (TPSA) is 94.5 Å². The largest absolute Gasteiger partial charge is 0.507 e. The van der Waals surface area contributed by atoms with Crippen LogP contribution in [0.4, 0.5) is 5.69 Å². The lowest BCUT2D eigenvalue weighted by molar-refractivity contribution is -0.132. The fourth-order valence-corrected chi connectivity index (χ4v) is 4.52. The van der Waals surface area contributed by atoms with Gasteiger partial charge in [0.05, 0.1) is 25.3 Å². The van der Waals surface area contributed by atoms with Gasteiger partial charge >= 0.3 is 0 Å². The lowest BCUT2D eigenvalue weighted by atomic mass is 9.94. The number of nitrogens with zero attached hydrogens (tertiary/aromatic N) is 1. The van der Waals surface area contributed by atoms with Crippen LogP contribution in [0.5, 0.6) is 23.0 Å². The highest BCUT2D eigenvalue weighted by Gasteiger charge is 2.47. The van der Waals surface area contributed by atoms with E-state index < -0.39 is 17.7 Å². The van der Waals surface area contributed by atoms with E-state index in [1.807, 2.05) is 32.0 Å². The Balaban J connectivity index is 1.71. The van der Waals surface area contributed by atoms with Crippen molar-refractivity contribution in [1.82, 2.24) is 0 Å². The zero-order valence-corrected chi connectivity index (χ0v) is 20.1. The molecule has 1 N–H and O–H groups in total. The number of rotatable bonds is 6. The van der Waals surface area contributed by atoms with Crippen molar-refractivity contribution in [3.05, 3.63) is 82.9 Å². The second-order valence-electron chi connectivity index (χ2n) is 8.42. The van der Waals surface area contributed by atoms with Gasteiger partial charge in [-0.05, 0) is 67.4 Å². The zero-order chi connectivity index (χ0) is 25.4. The van der Waals surface area contributed by atoms with E-state index in [0.29, 0.717) is 46.4 Å². The first-order valence-electron chi connectivity index (χ1n) is 11.5. The molecule has 0 bridgehead atoms. The Kier molecular flexibility index (Phi) is 6.01. The number of amides is 1. The number of aliphatic hydroxyl groups is 1. The minimum Gasteiger partial charge on any atom is -0.507 e. The van der Waals surface area contributed by atoms with E-state index in [9.17, 15) is 14.7 Å². The molecule has 8 nitrogen and oxygen atoms in total. The quantitative estimate of drug-likeness (QED) is 0.304. The van der Waals surface area contributed by atoms with Gasteiger partial charge in [0.1, 0.15) is 5.76 Å². The van der Waals surface area contributed by atoms with Crippen LogP contribution in [0.15, 0.2) is 66.2 Å². The lowest BCUT2D eigenvalue weighted by Crippen LogP contribution is -2.29. The smallest absolute Gasteiger partial charge is 0.300 e. The maximum Gasteiger partial charge on any atom is 0.300 e. The summed E-state index contributed by atoms with van der Waals surface area (Å²) in [7, 11) is 1.52. The molecular weight excluding hydrogens is 462 g/mol. The number of Topliss-reactive ketones (excluding diaryl/α,β-unsaturated/α-hetero) is 1. The SMILES string of the molecule is CCOc1ccc(C2/C(=C(\O)c3ccc4c(c3)OCO4)C(=O)C(=O)N2c2cccc(C)c2)cc1OC. The molecular formula is C28H25NO7. The Hall–Kier alpha value is -4.46. The number of anilines is 1. The number of benzene rings is 3. The number of carbonyl (C=O) groups is 2. The molecule has 0 aromatic heterocycles. The molecule has 2 aliphatic heterocycles. The van der Waals surface area contributed by atoms with Crippen molar-refractivity contribution in [1.29, 1.82) is 0 Å². The molecule has 36 heavy (non-hydrogen) atoms. The maximum absolute atomic E-state index is 13.4. The highest BCUT2D eigenvalue weighted by Crippen LogP contribution is 2.45. The van der Waals surface area contributed by atoms with Gasteiger partial charge in [0.25, 0.3) is 11.7 Å². The van der Waals surface area contributed by atoms with E-state index in [4.69, 9.17) is 18.9 Å². The minimum atomic E-state index is -0.901. The number of hydrogen-bond donors (Lipinski definition) is 1. The van der Waals surface area contributed by atoms with Crippen LogP contribution in [0.3, 0.4) is 0 Å². The Morgan fingerprint density at radius 3 is 2.58 bits per heavy atom. The van der Waals surface area contributed by atoms with Crippen LogP contribution in [0.1, 0.15) is 29.7 Å². The third-order valence-electron chi connectivity index (χ3n) is 6.17. The fraction of sp³-hybridized carbons (Fsp3) is 0.214. The summed E-state index contributed by atoms with van der Waals surface area (Å²) < 4.78 is 21.9. The van der Waals surface area contributed by atoms with Gasteiger partial charge in [0, 0.05) is 11.3 Å². The summed E-state index contributed by atoms with van der Waals surface area (Å²) in [5.74, 6) is 0.148. The van der Waals surface area contributed by atoms with Crippen LogP contribution in [0.2, 0.25) is 0 Å². The van der Waals surface area contributed by atoms with Crippen molar-refractivity contribution in [3.8, 4) is 23.0 Å². The van der Waals surface area contributed by atoms with E-state index in [2.05, 4.69) is 0 Å². The molecule has 1 amide bonds. The van der Waals surface area contributed by atoms with Crippen molar-refractivity contribution in [3.63, 3.8) is 0 Å². The summed E-state index contributed by atoms with van der Waals surface area (Å²) in [6.07, 6.45) is 0. The Morgan fingerprint density at radius 1 is 1.03 bits per heavy atom. The molecule has 1 unspecified atom stereocenters. The monoisotopic (exact) mass is 487 g/mol. The Bertz CT molecular complexity index is 1390. The number of ketones is 1. The number of hydrogen-bond acceptors (Lipinski definition) is 7. The van der Waals surface area contributed by atoms with Crippen LogP contribution in [-0.2, 0) is 9.59 Å². The Labute approximate surface area is 208 Å². The van der Waals surface area contributed by atoms with Crippen LogP contribution >= 0.6 is 0 Å². The van der Waals surface area contributed by atoms with Gasteiger partial charge in [0.2, 0.25) is 6.79 Å². The molecule has 0 spiro atoms. The molecule has 2 aliphatic rings. The van der Waals surface area contributed by atoms with Crippen molar-refractivity contribution < 1.29 is 33.6 Å². The van der Waals surface area contributed by atoms with Crippen molar-refractivity contribution in [2.45, 2.75) is 19.9 Å². The molecule has 2 heterocycles. The van der Waals surface area contributed by atoms with Gasteiger partial charge in [-0.1, -0.05) is 18.2 Å². The fourth-order valence-electron chi connectivity index (χ4n) is 4.52. The van der Waals surface area contributed by atoms with E-state index >= 15 is 0 Å². The predicted molar refractivity (Wildman–Crippen MR) is 133 cm³/mol. The maximum atomic E-state index is 13.4. The van der Waals surface area contributed by atoms with Gasteiger partial charge < -0.3 is 24.1 Å². The summed E-state index contributed by atoms with van der Waals surface area (Å²) >= 11 is 0. The minimum absolute atomic E-state index is 0.0356. The lowest BCUT2D eigenvalue weighted by Gasteiger charge is -2.26. The van der Waals surface area contributed by atoms with E-state index in [-0.39, 0.29) is 18.1 Å². The number of carbonyl (C=O) groups excluding carboxylic acids is 2. The third kappa shape index (κ3) is 3.90. The highest BCUT2D eigenvalue weighted by molar-refractivity contribution is 6.51. The first kappa shape index (κ1) is 23.3. The summed E-state index contributed by atoms with van der Waals surface area (Å²) in [5.41, 5.74) is 2.35. The first-order chi connectivity index (χ1) is 17.4. The van der Waals surface area contributed by atoms with Gasteiger partial charge in [0.15, 0.2) is 23.0 Å². The normalized spacial score (nSPS) is 18.0. The van der Waals surface area contributed by atoms with Crippen molar-refractivity contribution >= 4 is 23.1 Å². The summed E-state index contributed by atoms with van der Waals surface area (Å²) in [6.45, 7) is 4.29. The van der Waals surface area contributed by atoms with Gasteiger partial charge in [-0.2, -0.15) is 0 Å². The van der Waals surface area contributed by atoms with Gasteiger partial charge in [-0.25, -0.2) is 0 Å². The number of ether oxygens (including phenoxy) is 4. The van der Waals surface area contributed by atoms with Crippen LogP contribution in [0, 0.1) is 6.92 Å². The molecule has 0 saturated carbocycles. The second kappa shape index (κ2) is 9.30. The average Bonchev–Trinajstić information content (AvgIpc) is 3.46. The van der Waals surface area contributed by atoms with Gasteiger partial charge in [-0.15, -0.1) is 0 Å². The molecule has 5 rings (SSSR count). The summed E-state index contributed by atoms with van der Waals surface area (Å²) in [6, 6.07) is 16.5. The second-order valence-corrected chi connectivity index (χ2v) is 8.42. The van der Waals surface area contributed by atoms with E-state index in [1.165, 1.54) is 12.0 Å². The van der Waals surface area contributed by atoms with E-state index in [0.717, 1.165) is 5.56 Å². The van der Waals surface area contributed by atoms with E-state index in [1.54, 1.807) is 42.5 Å². The number of fused-ring (bicyclic) bond motifs is 1. The van der Waals surface area contributed by atoms with Crippen LogP contribution in [0.25, 0.3) is 5.76 Å². The molecule has 1 fully saturated rings.